The number of carbonyl (C=O) groups excluding carboxylic acids is 3. The number of rotatable bonds is 6. The van der Waals surface area contributed by atoms with Crippen LogP contribution in [0.15, 0.2) is 23.1 Å². The molecule has 0 saturated heterocycles. The summed E-state index contributed by atoms with van der Waals surface area (Å²) in [5.41, 5.74) is 0. The van der Waals surface area contributed by atoms with Crippen molar-refractivity contribution in [2.75, 3.05) is 25.6 Å². The topological polar surface area (TPSA) is 103 Å². The van der Waals surface area contributed by atoms with Gasteiger partial charge in [-0.15, -0.1) is 11.8 Å². The Kier molecular flexibility index (Phi) is 5.64. The number of imide groups is 1. The average molecular weight is 366 g/mol. The maximum atomic E-state index is 11.7. The lowest BCUT2D eigenvalue weighted by molar-refractivity contribution is -0.145. The van der Waals surface area contributed by atoms with Gasteiger partial charge >= 0.3 is 12.0 Å². The van der Waals surface area contributed by atoms with Gasteiger partial charge in [0.15, 0.2) is 18.1 Å². The van der Waals surface area contributed by atoms with E-state index in [9.17, 15) is 14.4 Å². The van der Waals surface area contributed by atoms with Crippen molar-refractivity contribution in [3.05, 3.63) is 18.2 Å². The van der Waals surface area contributed by atoms with E-state index in [2.05, 4.69) is 10.6 Å². The fourth-order valence-electron chi connectivity index (χ4n) is 2.06. The largest absolute Gasteiger partial charge is 0.486 e. The summed E-state index contributed by atoms with van der Waals surface area (Å²) in [5.74, 6) is 0.166. The van der Waals surface area contributed by atoms with Crippen LogP contribution in [0.4, 0.5) is 4.79 Å². The second-order valence-electron chi connectivity index (χ2n) is 5.55. The van der Waals surface area contributed by atoms with Crippen LogP contribution in [-0.4, -0.2) is 49.5 Å². The van der Waals surface area contributed by atoms with E-state index in [1.807, 2.05) is 6.07 Å². The Morgan fingerprint density at radius 3 is 2.68 bits per heavy atom. The van der Waals surface area contributed by atoms with Gasteiger partial charge in [-0.2, -0.15) is 0 Å². The molecule has 25 heavy (non-hydrogen) atoms. The molecule has 2 N–H and O–H groups in total. The van der Waals surface area contributed by atoms with E-state index < -0.39 is 24.5 Å². The first-order valence-corrected chi connectivity index (χ1v) is 8.87. The van der Waals surface area contributed by atoms with E-state index in [0.29, 0.717) is 24.7 Å². The van der Waals surface area contributed by atoms with E-state index in [1.165, 1.54) is 11.8 Å². The first-order chi connectivity index (χ1) is 12.1. The average Bonchev–Trinajstić information content (AvgIpc) is 3.41. The van der Waals surface area contributed by atoms with Gasteiger partial charge in [0.1, 0.15) is 13.2 Å². The molecule has 1 aromatic carbocycles. The van der Waals surface area contributed by atoms with Gasteiger partial charge in [-0.25, -0.2) is 4.79 Å². The first kappa shape index (κ1) is 17.4. The lowest BCUT2D eigenvalue weighted by Crippen LogP contribution is -2.42. The zero-order valence-electron chi connectivity index (χ0n) is 13.4. The zero-order chi connectivity index (χ0) is 17.6. The number of nitrogens with one attached hydrogen (secondary N) is 2. The summed E-state index contributed by atoms with van der Waals surface area (Å²) in [6, 6.07) is 4.99. The Bertz CT molecular complexity index is 677. The van der Waals surface area contributed by atoms with Gasteiger partial charge in [0.05, 0.1) is 5.75 Å². The SMILES string of the molecule is O=C(COC(=O)CSc1ccc2c(c1)OCCO2)NC(=O)NC1CC1. The highest BCUT2D eigenvalue weighted by atomic mass is 32.2. The molecule has 2 aliphatic rings. The molecule has 1 saturated carbocycles. The van der Waals surface area contributed by atoms with Crippen LogP contribution in [0.3, 0.4) is 0 Å². The Labute approximate surface area is 148 Å². The third-order valence-electron chi connectivity index (χ3n) is 3.40. The number of carbonyl (C=O) groups is 3. The lowest BCUT2D eigenvalue weighted by Gasteiger charge is -2.18. The summed E-state index contributed by atoms with van der Waals surface area (Å²) in [4.78, 5) is 35.4. The molecule has 0 aromatic heterocycles. The highest BCUT2D eigenvalue weighted by Crippen LogP contribution is 2.34. The molecular weight excluding hydrogens is 348 g/mol. The number of fused-ring (bicyclic) bond motifs is 1. The minimum atomic E-state index is -0.657. The standard InChI is InChI=1S/C16H18N2O6S/c19-14(18-16(21)17-10-1-2-10)8-24-15(20)9-25-11-3-4-12-13(7-11)23-6-5-22-12/h3-4,7,10H,1-2,5-6,8-9H2,(H2,17,18,19,21). The van der Waals surface area contributed by atoms with Crippen LogP contribution >= 0.6 is 11.8 Å². The van der Waals surface area contributed by atoms with Gasteiger partial charge in [-0.05, 0) is 31.0 Å². The summed E-state index contributed by atoms with van der Waals surface area (Å²) in [6.07, 6.45) is 1.85. The van der Waals surface area contributed by atoms with Crippen molar-refractivity contribution in [3.8, 4) is 11.5 Å². The van der Waals surface area contributed by atoms with Crippen molar-refractivity contribution in [3.63, 3.8) is 0 Å². The minimum Gasteiger partial charge on any atom is -0.486 e. The molecule has 3 amide bonds. The van der Waals surface area contributed by atoms with E-state index in [1.54, 1.807) is 12.1 Å². The molecule has 0 radical (unpaired) electrons. The summed E-state index contributed by atoms with van der Waals surface area (Å²) in [5, 5.41) is 4.72. The van der Waals surface area contributed by atoms with Crippen LogP contribution < -0.4 is 20.1 Å². The van der Waals surface area contributed by atoms with Crippen LogP contribution in [-0.2, 0) is 14.3 Å². The van der Waals surface area contributed by atoms with Crippen LogP contribution in [0, 0.1) is 0 Å². The number of thioether (sulfide) groups is 1. The van der Waals surface area contributed by atoms with Gasteiger partial charge in [-0.1, -0.05) is 0 Å². The quantitative estimate of drug-likeness (QED) is 0.574. The summed E-state index contributed by atoms with van der Waals surface area (Å²) >= 11 is 1.26. The molecule has 8 nitrogen and oxygen atoms in total. The minimum absolute atomic E-state index is 0.0429. The fourth-order valence-corrected chi connectivity index (χ4v) is 2.78. The number of benzene rings is 1. The number of hydrogen-bond donors (Lipinski definition) is 2. The molecule has 0 atom stereocenters. The predicted octanol–water partition coefficient (Wildman–Crippen LogP) is 1.08. The van der Waals surface area contributed by atoms with Gasteiger partial charge in [-0.3, -0.25) is 14.9 Å². The van der Waals surface area contributed by atoms with Crippen molar-refractivity contribution in [1.29, 1.82) is 0 Å². The van der Waals surface area contributed by atoms with Crippen LogP contribution in [0.1, 0.15) is 12.8 Å². The van der Waals surface area contributed by atoms with Gasteiger partial charge < -0.3 is 19.5 Å². The number of urea groups is 1. The van der Waals surface area contributed by atoms with E-state index in [0.717, 1.165) is 17.7 Å². The molecule has 9 heteroatoms. The number of ether oxygens (including phenoxy) is 3. The van der Waals surface area contributed by atoms with E-state index in [-0.39, 0.29) is 11.8 Å². The number of amides is 3. The van der Waals surface area contributed by atoms with Crippen LogP contribution in [0.5, 0.6) is 11.5 Å². The first-order valence-electron chi connectivity index (χ1n) is 7.88. The lowest BCUT2D eigenvalue weighted by atomic mass is 10.3. The zero-order valence-corrected chi connectivity index (χ0v) is 14.2. The Morgan fingerprint density at radius 1 is 1.16 bits per heavy atom. The fraction of sp³-hybridized carbons (Fsp3) is 0.438. The van der Waals surface area contributed by atoms with Gasteiger partial charge in [0.25, 0.3) is 5.91 Å². The van der Waals surface area contributed by atoms with Crippen molar-refractivity contribution in [2.45, 2.75) is 23.8 Å². The third-order valence-corrected chi connectivity index (χ3v) is 4.37. The molecule has 0 unspecified atom stereocenters. The third kappa shape index (κ3) is 5.56. The molecule has 0 spiro atoms. The summed E-state index contributed by atoms with van der Waals surface area (Å²) < 4.78 is 15.8. The van der Waals surface area contributed by atoms with Crippen LogP contribution in [0.2, 0.25) is 0 Å². The summed E-state index contributed by atoms with van der Waals surface area (Å²) in [6.45, 7) is 0.526. The normalized spacial score (nSPS) is 15.2. The van der Waals surface area contributed by atoms with Crippen LogP contribution in [0.25, 0.3) is 0 Å². The second kappa shape index (κ2) is 8.11. The van der Waals surface area contributed by atoms with E-state index >= 15 is 0 Å². The Hall–Kier alpha value is -2.42. The molecule has 1 aliphatic heterocycles. The van der Waals surface area contributed by atoms with Crippen molar-refractivity contribution in [2.24, 2.45) is 0 Å². The Morgan fingerprint density at radius 2 is 1.92 bits per heavy atom. The van der Waals surface area contributed by atoms with E-state index in [4.69, 9.17) is 14.2 Å². The second-order valence-corrected chi connectivity index (χ2v) is 6.60. The smallest absolute Gasteiger partial charge is 0.321 e. The Balaban J connectivity index is 1.36. The summed E-state index contributed by atoms with van der Waals surface area (Å²) in [7, 11) is 0. The molecule has 0 bridgehead atoms. The monoisotopic (exact) mass is 366 g/mol. The maximum absolute atomic E-state index is 11.7. The highest BCUT2D eigenvalue weighted by Gasteiger charge is 2.24. The maximum Gasteiger partial charge on any atom is 0.321 e. The van der Waals surface area contributed by atoms with Crippen molar-refractivity contribution < 1.29 is 28.6 Å². The molecular formula is C16H18N2O6S. The molecule has 3 rings (SSSR count). The number of hydrogen-bond acceptors (Lipinski definition) is 7. The number of esters is 1. The van der Waals surface area contributed by atoms with Gasteiger partial charge in [0, 0.05) is 10.9 Å². The molecule has 134 valence electrons. The molecule has 1 aliphatic carbocycles. The molecule has 1 aromatic rings. The van der Waals surface area contributed by atoms with Crippen molar-refractivity contribution in [1.82, 2.24) is 10.6 Å². The van der Waals surface area contributed by atoms with Crippen molar-refractivity contribution >= 4 is 29.7 Å². The highest BCUT2D eigenvalue weighted by molar-refractivity contribution is 8.00. The molecule has 1 heterocycles. The van der Waals surface area contributed by atoms with Gasteiger partial charge in [0.2, 0.25) is 0 Å². The predicted molar refractivity (Wildman–Crippen MR) is 88.8 cm³/mol. The molecule has 1 fully saturated rings.